The van der Waals surface area contributed by atoms with Crippen LogP contribution in [0.1, 0.15) is 5.69 Å². The normalized spacial score (nSPS) is 10.5. The van der Waals surface area contributed by atoms with Crippen molar-refractivity contribution in [3.05, 3.63) is 54.9 Å². The average Bonchev–Trinajstić information content (AvgIpc) is 2.88. The van der Waals surface area contributed by atoms with Gasteiger partial charge in [0.05, 0.1) is 23.1 Å². The lowest BCUT2D eigenvalue weighted by Crippen LogP contribution is -2.07. The summed E-state index contributed by atoms with van der Waals surface area (Å²) in [5, 5.41) is 10.9. The topological polar surface area (TPSA) is 70.7 Å². The fourth-order valence-electron chi connectivity index (χ4n) is 2.16. The molecule has 3 aromatic rings. The Hall–Kier alpha value is -2.95. The summed E-state index contributed by atoms with van der Waals surface area (Å²) in [7, 11) is 0. The molecular weight excluding hydrogens is 264 g/mol. The molecule has 2 aromatic heterocycles. The largest absolute Gasteiger partial charge is 0.323 e. The predicted octanol–water partition coefficient (Wildman–Crippen LogP) is 3.06. The number of hydrogen-bond donors (Lipinski definition) is 2. The molecule has 0 saturated heterocycles. The Morgan fingerprint density at radius 3 is 3.05 bits per heavy atom. The molecule has 0 atom stereocenters. The van der Waals surface area contributed by atoms with E-state index in [2.05, 4.69) is 27.1 Å². The molecule has 2 N–H and O–H groups in total. The number of carbonyl (C=O) groups is 1. The lowest BCUT2D eigenvalue weighted by Gasteiger charge is -2.06. The lowest BCUT2D eigenvalue weighted by molar-refractivity contribution is -0.111. The maximum atomic E-state index is 11.4. The molecule has 1 amide bonds. The number of aryl methyl sites for hydroxylation is 1. The maximum absolute atomic E-state index is 11.4. The molecule has 5 heteroatoms. The molecule has 0 fully saturated rings. The molecule has 3 rings (SSSR count). The molecule has 0 aliphatic heterocycles. The number of carbonyl (C=O) groups excluding carboxylic acids is 1. The molecule has 0 radical (unpaired) electrons. The first-order chi connectivity index (χ1) is 10.2. The number of H-pyrrole nitrogens is 1. The summed E-state index contributed by atoms with van der Waals surface area (Å²) in [6.07, 6.45) is 3.01. The van der Waals surface area contributed by atoms with Gasteiger partial charge in [0.25, 0.3) is 0 Å². The van der Waals surface area contributed by atoms with Crippen LogP contribution in [-0.2, 0) is 4.79 Å². The van der Waals surface area contributed by atoms with Crippen LogP contribution in [0.3, 0.4) is 0 Å². The van der Waals surface area contributed by atoms with Gasteiger partial charge in [-0.2, -0.15) is 5.10 Å². The van der Waals surface area contributed by atoms with Crippen LogP contribution < -0.4 is 5.32 Å². The third-order valence-corrected chi connectivity index (χ3v) is 3.25. The number of rotatable bonds is 3. The van der Waals surface area contributed by atoms with Crippen molar-refractivity contribution in [2.24, 2.45) is 0 Å². The zero-order valence-electron chi connectivity index (χ0n) is 11.6. The Balaban J connectivity index is 2.01. The highest BCUT2D eigenvalue weighted by molar-refractivity contribution is 5.99. The Labute approximate surface area is 121 Å². The smallest absolute Gasteiger partial charge is 0.247 e. The number of amides is 1. The summed E-state index contributed by atoms with van der Waals surface area (Å²) in [5.41, 5.74) is 4.32. The first-order valence-corrected chi connectivity index (χ1v) is 6.52. The highest BCUT2D eigenvalue weighted by Gasteiger charge is 2.06. The van der Waals surface area contributed by atoms with Gasteiger partial charge in [-0.25, -0.2) is 0 Å². The van der Waals surface area contributed by atoms with Crippen LogP contribution in [0, 0.1) is 6.92 Å². The number of nitrogens with zero attached hydrogens (tertiary/aromatic N) is 2. The van der Waals surface area contributed by atoms with Crippen molar-refractivity contribution in [2.45, 2.75) is 6.92 Å². The van der Waals surface area contributed by atoms with Gasteiger partial charge in [-0.15, -0.1) is 0 Å². The zero-order valence-corrected chi connectivity index (χ0v) is 11.6. The number of hydrogen-bond acceptors (Lipinski definition) is 3. The van der Waals surface area contributed by atoms with Gasteiger partial charge in [-0.3, -0.25) is 14.9 Å². The van der Waals surface area contributed by atoms with E-state index in [1.165, 1.54) is 6.08 Å². The van der Waals surface area contributed by atoms with E-state index in [4.69, 9.17) is 0 Å². The molecule has 0 unspecified atom stereocenters. The fraction of sp³-hybridized carbons (Fsp3) is 0.0625. The van der Waals surface area contributed by atoms with Crippen LogP contribution in [-0.4, -0.2) is 21.1 Å². The first-order valence-electron chi connectivity index (χ1n) is 6.52. The van der Waals surface area contributed by atoms with Gasteiger partial charge >= 0.3 is 0 Å². The number of pyridine rings is 1. The number of nitrogens with one attached hydrogen (secondary N) is 2. The highest BCUT2D eigenvalue weighted by atomic mass is 16.1. The fourth-order valence-corrected chi connectivity index (χ4v) is 2.16. The first kappa shape index (κ1) is 13.1. The minimum atomic E-state index is -0.235. The standard InChI is InChI=1S/C16H14N4O/c1-3-16(21)18-12-6-4-5-11(7-12)14-8-13-10(2)19-20-15(13)9-17-14/h3-9H,1H2,2H3,(H,18,21)(H,19,20). The molecule has 0 saturated carbocycles. The van der Waals surface area contributed by atoms with E-state index in [1.807, 2.05) is 37.3 Å². The molecule has 21 heavy (non-hydrogen) atoms. The summed E-state index contributed by atoms with van der Waals surface area (Å²) >= 11 is 0. The molecule has 2 heterocycles. The Morgan fingerprint density at radius 1 is 1.38 bits per heavy atom. The SMILES string of the molecule is C=CC(=O)Nc1cccc(-c2cc3c(C)n[nH]c3cn2)c1. The minimum Gasteiger partial charge on any atom is -0.323 e. The summed E-state index contributed by atoms with van der Waals surface area (Å²) < 4.78 is 0. The van der Waals surface area contributed by atoms with E-state index in [-0.39, 0.29) is 5.91 Å². The van der Waals surface area contributed by atoms with Crippen LogP contribution in [0.25, 0.3) is 22.2 Å². The number of anilines is 1. The van der Waals surface area contributed by atoms with Gasteiger partial charge < -0.3 is 5.32 Å². The van der Waals surface area contributed by atoms with Crippen molar-refractivity contribution in [1.29, 1.82) is 0 Å². The van der Waals surface area contributed by atoms with E-state index in [0.29, 0.717) is 5.69 Å². The lowest BCUT2D eigenvalue weighted by atomic mass is 10.1. The number of benzene rings is 1. The van der Waals surface area contributed by atoms with Crippen LogP contribution in [0.4, 0.5) is 5.69 Å². The van der Waals surface area contributed by atoms with Gasteiger partial charge in [0.1, 0.15) is 0 Å². The van der Waals surface area contributed by atoms with Crippen LogP contribution in [0.5, 0.6) is 0 Å². The third-order valence-electron chi connectivity index (χ3n) is 3.25. The summed E-state index contributed by atoms with van der Waals surface area (Å²) in [6.45, 7) is 5.39. The van der Waals surface area contributed by atoms with Gasteiger partial charge in [0, 0.05) is 16.6 Å². The monoisotopic (exact) mass is 278 g/mol. The van der Waals surface area contributed by atoms with Crippen molar-refractivity contribution in [1.82, 2.24) is 15.2 Å². The summed E-state index contributed by atoms with van der Waals surface area (Å²) in [5.74, 6) is -0.235. The molecule has 1 aromatic carbocycles. The second kappa shape index (κ2) is 5.20. The average molecular weight is 278 g/mol. The number of aromatic amines is 1. The van der Waals surface area contributed by atoms with E-state index in [0.717, 1.165) is 27.9 Å². The Kier molecular flexibility index (Phi) is 3.23. The summed E-state index contributed by atoms with van der Waals surface area (Å²) in [6, 6.07) is 9.52. The van der Waals surface area contributed by atoms with Crippen LogP contribution in [0.2, 0.25) is 0 Å². The minimum absolute atomic E-state index is 0.235. The number of fused-ring (bicyclic) bond motifs is 1. The molecule has 104 valence electrons. The van der Waals surface area contributed by atoms with E-state index in [9.17, 15) is 4.79 Å². The second-order valence-corrected chi connectivity index (χ2v) is 4.70. The van der Waals surface area contributed by atoms with Crippen LogP contribution >= 0.6 is 0 Å². The molecule has 0 aliphatic carbocycles. The van der Waals surface area contributed by atoms with Crippen molar-refractivity contribution < 1.29 is 4.79 Å². The van der Waals surface area contributed by atoms with E-state index >= 15 is 0 Å². The molecule has 0 aliphatic rings. The van der Waals surface area contributed by atoms with Gasteiger partial charge in [0.2, 0.25) is 5.91 Å². The molecule has 0 spiro atoms. The van der Waals surface area contributed by atoms with Crippen LogP contribution in [0.15, 0.2) is 49.2 Å². The molecule has 0 bridgehead atoms. The molecular formula is C16H14N4O. The number of aromatic nitrogens is 3. The Morgan fingerprint density at radius 2 is 2.24 bits per heavy atom. The van der Waals surface area contributed by atoms with Gasteiger partial charge in [-0.05, 0) is 31.2 Å². The van der Waals surface area contributed by atoms with Gasteiger partial charge in [0.15, 0.2) is 0 Å². The zero-order chi connectivity index (χ0) is 14.8. The van der Waals surface area contributed by atoms with Gasteiger partial charge in [-0.1, -0.05) is 18.7 Å². The van der Waals surface area contributed by atoms with E-state index < -0.39 is 0 Å². The van der Waals surface area contributed by atoms with E-state index in [1.54, 1.807) is 6.20 Å². The maximum Gasteiger partial charge on any atom is 0.247 e. The predicted molar refractivity (Wildman–Crippen MR) is 82.9 cm³/mol. The Bertz CT molecular complexity index is 835. The third kappa shape index (κ3) is 2.53. The van der Waals surface area contributed by atoms with Crippen molar-refractivity contribution in [3.8, 4) is 11.3 Å². The van der Waals surface area contributed by atoms with Crippen molar-refractivity contribution in [3.63, 3.8) is 0 Å². The van der Waals surface area contributed by atoms with Crippen molar-refractivity contribution in [2.75, 3.05) is 5.32 Å². The molecule has 5 nitrogen and oxygen atoms in total. The van der Waals surface area contributed by atoms with Crippen molar-refractivity contribution >= 4 is 22.5 Å². The summed E-state index contributed by atoms with van der Waals surface area (Å²) in [4.78, 5) is 15.8. The quantitative estimate of drug-likeness (QED) is 0.723. The highest BCUT2D eigenvalue weighted by Crippen LogP contribution is 2.24. The second-order valence-electron chi connectivity index (χ2n) is 4.70.